The van der Waals surface area contributed by atoms with Crippen LogP contribution in [0.2, 0.25) is 0 Å². The van der Waals surface area contributed by atoms with E-state index in [4.69, 9.17) is 29.0 Å². The van der Waals surface area contributed by atoms with Gasteiger partial charge in [-0.1, -0.05) is 53.1 Å². The van der Waals surface area contributed by atoms with Gasteiger partial charge in [-0.25, -0.2) is 0 Å². The van der Waals surface area contributed by atoms with Crippen LogP contribution in [0.1, 0.15) is 16.7 Å². The average Bonchev–Trinajstić information content (AvgIpc) is 2.83. The Morgan fingerprint density at radius 2 is 0.548 bits per heavy atom. The lowest BCUT2D eigenvalue weighted by molar-refractivity contribution is 0.428. The van der Waals surface area contributed by atoms with Gasteiger partial charge in [0.1, 0.15) is 17.2 Å². The summed E-state index contributed by atoms with van der Waals surface area (Å²) >= 11 is 0. The van der Waals surface area contributed by atoms with E-state index < -0.39 is 30.4 Å². The summed E-state index contributed by atoms with van der Waals surface area (Å²) in [7, 11) is -12.1. The zero-order valence-corrected chi connectivity index (χ0v) is 25.0. The second-order valence-corrected chi connectivity index (χ2v) is 12.8. The third-order valence-corrected chi connectivity index (χ3v) is 7.45. The Kier molecular flexibility index (Phi) is 13.1. The van der Waals surface area contributed by atoms with Crippen LogP contribution in [0, 0.1) is 20.8 Å². The SMILES string of the molecule is Cc1ccc(S(=O)(=O)O)cc1.Cc1ccc(S(=O)(=O)O)cc1.Cc1ccc(S(=O)(=O)O)cc1.Oc1cc(O)cc(O)c1. The van der Waals surface area contributed by atoms with Crippen molar-refractivity contribution in [2.45, 2.75) is 35.5 Å². The normalized spacial score (nSPS) is 11.0. The third kappa shape index (κ3) is 14.1. The number of hydrogen-bond donors (Lipinski definition) is 6. The van der Waals surface area contributed by atoms with Crippen LogP contribution in [0.3, 0.4) is 0 Å². The topological polar surface area (TPSA) is 224 Å². The van der Waals surface area contributed by atoms with Crippen LogP contribution in [0.15, 0.2) is 106 Å². The Hall–Kier alpha value is -3.99. The molecule has 4 aromatic carbocycles. The molecule has 6 N–H and O–H groups in total. The van der Waals surface area contributed by atoms with Crippen molar-refractivity contribution in [3.63, 3.8) is 0 Å². The fourth-order valence-electron chi connectivity index (χ4n) is 2.71. The molecule has 0 unspecified atom stereocenters. The van der Waals surface area contributed by atoms with Gasteiger partial charge in [0.15, 0.2) is 0 Å². The van der Waals surface area contributed by atoms with Crippen molar-refractivity contribution in [3.8, 4) is 17.2 Å². The van der Waals surface area contributed by atoms with Gasteiger partial charge in [0.2, 0.25) is 0 Å². The monoisotopic (exact) mass is 642 g/mol. The molecule has 12 nitrogen and oxygen atoms in total. The Morgan fingerprint density at radius 1 is 0.381 bits per heavy atom. The molecule has 0 atom stereocenters. The second-order valence-electron chi connectivity index (χ2n) is 8.57. The van der Waals surface area contributed by atoms with Crippen molar-refractivity contribution in [3.05, 3.63) is 108 Å². The number of phenolic OH excluding ortho intramolecular Hbond substituents is 3. The van der Waals surface area contributed by atoms with Crippen LogP contribution in [-0.2, 0) is 30.4 Å². The van der Waals surface area contributed by atoms with E-state index in [1.54, 1.807) is 36.4 Å². The van der Waals surface area contributed by atoms with E-state index in [0.29, 0.717) is 0 Å². The minimum Gasteiger partial charge on any atom is -0.508 e. The summed E-state index contributed by atoms with van der Waals surface area (Å²) in [5, 5.41) is 26.0. The van der Waals surface area contributed by atoms with Crippen LogP contribution < -0.4 is 0 Å². The number of benzene rings is 4. The predicted molar refractivity (Wildman–Crippen MR) is 154 cm³/mol. The van der Waals surface area contributed by atoms with Gasteiger partial charge >= 0.3 is 0 Å². The third-order valence-electron chi connectivity index (χ3n) is 4.84. The number of aryl methyl sites for hydroxylation is 3. The summed E-state index contributed by atoms with van der Waals surface area (Å²) in [6.07, 6.45) is 0. The number of hydrogen-bond acceptors (Lipinski definition) is 9. The minimum atomic E-state index is -4.02. The lowest BCUT2D eigenvalue weighted by atomic mass is 10.2. The summed E-state index contributed by atoms with van der Waals surface area (Å²) in [5.41, 5.74) is 2.87. The van der Waals surface area contributed by atoms with Crippen molar-refractivity contribution in [1.29, 1.82) is 0 Å². The van der Waals surface area contributed by atoms with Crippen molar-refractivity contribution in [2.24, 2.45) is 0 Å². The molecule has 0 saturated heterocycles. The van der Waals surface area contributed by atoms with Crippen LogP contribution in [0.4, 0.5) is 0 Å². The summed E-state index contributed by atoms with van der Waals surface area (Å²) in [4.78, 5) is -0.200. The van der Waals surface area contributed by atoms with E-state index in [1.807, 2.05) is 20.8 Å². The smallest absolute Gasteiger partial charge is 0.294 e. The van der Waals surface area contributed by atoms with Gasteiger partial charge in [0.25, 0.3) is 30.4 Å². The Bertz CT molecular complexity index is 1540. The number of rotatable bonds is 3. The fraction of sp³-hybridized carbons (Fsp3) is 0.111. The van der Waals surface area contributed by atoms with Crippen LogP contribution in [0.5, 0.6) is 17.2 Å². The molecular formula is C27H30O12S3. The van der Waals surface area contributed by atoms with E-state index in [0.717, 1.165) is 34.9 Å². The quantitative estimate of drug-likeness (QED) is 0.170. The standard InChI is InChI=1S/3C7H8O3S.C6H6O3/c3*1-6-2-4-7(5-3-6)11(8,9)10;7-4-1-5(8)3-6(9)2-4/h3*2-5H,1H3,(H,8,9,10);1-3,7-9H. The Labute approximate surface area is 244 Å². The summed E-state index contributed by atoms with van der Waals surface area (Å²) < 4.78 is 88.7. The highest BCUT2D eigenvalue weighted by atomic mass is 32.2. The van der Waals surface area contributed by atoms with Gasteiger partial charge in [0.05, 0.1) is 14.7 Å². The minimum absolute atomic E-state index is 0.0666. The Balaban J connectivity index is 0.000000281. The molecule has 4 rings (SSSR count). The maximum Gasteiger partial charge on any atom is 0.294 e. The highest BCUT2D eigenvalue weighted by Crippen LogP contribution is 2.24. The maximum atomic E-state index is 10.5. The van der Waals surface area contributed by atoms with Crippen molar-refractivity contribution >= 4 is 30.4 Å². The first kappa shape index (κ1) is 36.0. The molecular weight excluding hydrogens is 612 g/mol. The molecule has 0 heterocycles. The van der Waals surface area contributed by atoms with Crippen molar-refractivity contribution in [1.82, 2.24) is 0 Å². The summed E-state index contributed by atoms with van der Waals surface area (Å²) in [5.74, 6) is -0.437. The van der Waals surface area contributed by atoms with E-state index in [2.05, 4.69) is 0 Å². The van der Waals surface area contributed by atoms with E-state index in [-0.39, 0.29) is 31.9 Å². The fourth-order valence-corrected chi connectivity index (χ4v) is 4.15. The van der Waals surface area contributed by atoms with Crippen LogP contribution in [-0.4, -0.2) is 54.2 Å². The first-order valence-corrected chi connectivity index (χ1v) is 15.8. The average molecular weight is 643 g/mol. The molecule has 0 bridgehead atoms. The molecule has 0 amide bonds. The molecule has 4 aromatic rings. The maximum absolute atomic E-state index is 10.5. The summed E-state index contributed by atoms with van der Waals surface area (Å²) in [6, 6.07) is 21.4. The largest absolute Gasteiger partial charge is 0.508 e. The number of aromatic hydroxyl groups is 3. The molecule has 15 heteroatoms. The zero-order chi connectivity index (χ0) is 32.3. The molecule has 0 spiro atoms. The highest BCUT2D eigenvalue weighted by molar-refractivity contribution is 7.86. The van der Waals surface area contributed by atoms with Gasteiger partial charge in [-0.05, 0) is 57.2 Å². The van der Waals surface area contributed by atoms with Gasteiger partial charge < -0.3 is 15.3 Å². The zero-order valence-electron chi connectivity index (χ0n) is 22.5. The Morgan fingerprint density at radius 3 is 0.690 bits per heavy atom. The predicted octanol–water partition coefficient (Wildman–Crippen LogP) is 4.53. The van der Waals surface area contributed by atoms with E-state index in [1.165, 1.54) is 36.4 Å². The van der Waals surface area contributed by atoms with Crippen LogP contribution >= 0.6 is 0 Å². The van der Waals surface area contributed by atoms with E-state index in [9.17, 15) is 25.3 Å². The molecule has 0 saturated carbocycles. The van der Waals surface area contributed by atoms with Crippen molar-refractivity contribution in [2.75, 3.05) is 0 Å². The highest BCUT2D eigenvalue weighted by Gasteiger charge is 2.08. The van der Waals surface area contributed by atoms with Gasteiger partial charge in [0, 0.05) is 18.2 Å². The molecule has 228 valence electrons. The second kappa shape index (κ2) is 15.3. The molecule has 0 aliphatic carbocycles. The number of phenols is 3. The lowest BCUT2D eigenvalue weighted by Crippen LogP contribution is -1.96. The molecule has 42 heavy (non-hydrogen) atoms. The van der Waals surface area contributed by atoms with E-state index >= 15 is 0 Å². The first-order chi connectivity index (χ1) is 19.2. The van der Waals surface area contributed by atoms with Gasteiger partial charge in [-0.15, -0.1) is 0 Å². The summed E-state index contributed by atoms with van der Waals surface area (Å²) in [6.45, 7) is 5.52. The molecule has 0 aliphatic rings. The van der Waals surface area contributed by atoms with Crippen molar-refractivity contribution < 1.29 is 54.2 Å². The molecule has 0 radical (unpaired) electrons. The lowest BCUT2D eigenvalue weighted by Gasteiger charge is -1.95. The molecule has 0 fully saturated rings. The molecule has 0 aromatic heterocycles. The van der Waals surface area contributed by atoms with Gasteiger partial charge in [-0.3, -0.25) is 13.7 Å². The molecule has 0 aliphatic heterocycles. The van der Waals surface area contributed by atoms with Crippen LogP contribution in [0.25, 0.3) is 0 Å². The van der Waals surface area contributed by atoms with Gasteiger partial charge in [-0.2, -0.15) is 25.3 Å². The first-order valence-electron chi connectivity index (χ1n) is 11.5.